The van der Waals surface area contributed by atoms with E-state index >= 15 is 0 Å². The minimum Gasteiger partial charge on any atom is -0.339 e. The van der Waals surface area contributed by atoms with Gasteiger partial charge in [-0.25, -0.2) is 9.50 Å². The van der Waals surface area contributed by atoms with Crippen molar-refractivity contribution in [3.05, 3.63) is 89.2 Å². The fraction of sp³-hybridized carbons (Fsp3) is 0.267. The van der Waals surface area contributed by atoms with E-state index in [2.05, 4.69) is 0 Å². The second kappa shape index (κ2) is 9.32. The maximum atomic E-state index is 13.3. The van der Waals surface area contributed by atoms with Crippen LogP contribution >= 0.6 is 0 Å². The zero-order valence-corrected chi connectivity index (χ0v) is 21.1. The van der Waals surface area contributed by atoms with E-state index in [1.165, 1.54) is 0 Å². The van der Waals surface area contributed by atoms with Gasteiger partial charge in [0.25, 0.3) is 5.91 Å². The Kier molecular flexibility index (Phi) is 5.83. The average Bonchev–Trinajstić information content (AvgIpc) is 3.31. The molecule has 2 amide bonds. The maximum Gasteiger partial charge on any atom is 0.254 e. The predicted octanol–water partition coefficient (Wildman–Crippen LogP) is 4.57. The Morgan fingerprint density at radius 3 is 2.30 bits per heavy atom. The van der Waals surface area contributed by atoms with Gasteiger partial charge in [-0.05, 0) is 54.8 Å². The minimum absolute atomic E-state index is 0.0288. The number of piperazine rings is 1. The molecule has 1 aliphatic heterocycles. The number of rotatable bonds is 4. The smallest absolute Gasteiger partial charge is 0.254 e. The molecule has 0 radical (unpaired) electrons. The molecular formula is C30H29N5O2. The van der Waals surface area contributed by atoms with E-state index in [1.54, 1.807) is 0 Å². The van der Waals surface area contributed by atoms with Gasteiger partial charge in [-0.15, -0.1) is 0 Å². The standard InChI is InChI=1S/C30H29N5O2/c1-20-23(21(2)35-29(31-20)26-11-5-6-13-27(26)32-35)14-15-28(36)33-16-18-34(19-17-33)30(37)25-12-7-9-22-8-3-4-10-24(22)25/h3-13H,14-19H2,1-2H3. The Morgan fingerprint density at radius 2 is 1.49 bits per heavy atom. The summed E-state index contributed by atoms with van der Waals surface area (Å²) in [6.07, 6.45) is 1.03. The third-order valence-corrected chi connectivity index (χ3v) is 7.55. The zero-order chi connectivity index (χ0) is 25.5. The molecule has 3 heterocycles. The molecule has 1 fully saturated rings. The number of carbonyl (C=O) groups excluding carboxylic acids is 2. The molecule has 6 rings (SSSR count). The summed E-state index contributed by atoms with van der Waals surface area (Å²) in [5.41, 5.74) is 5.52. The fourth-order valence-electron chi connectivity index (χ4n) is 5.47. The first-order chi connectivity index (χ1) is 18.0. The number of hydrogen-bond acceptors (Lipinski definition) is 4. The van der Waals surface area contributed by atoms with Crippen LogP contribution in [0.5, 0.6) is 0 Å². The molecule has 0 atom stereocenters. The van der Waals surface area contributed by atoms with Crippen molar-refractivity contribution in [1.29, 1.82) is 0 Å². The van der Waals surface area contributed by atoms with Crippen molar-refractivity contribution >= 4 is 39.1 Å². The molecule has 3 aromatic carbocycles. The second-order valence-electron chi connectivity index (χ2n) is 9.71. The molecular weight excluding hydrogens is 462 g/mol. The van der Waals surface area contributed by atoms with Crippen LogP contribution in [0, 0.1) is 13.8 Å². The summed E-state index contributed by atoms with van der Waals surface area (Å²) in [6.45, 7) is 6.24. The largest absolute Gasteiger partial charge is 0.339 e. The lowest BCUT2D eigenvalue weighted by Gasteiger charge is -2.35. The first-order valence-electron chi connectivity index (χ1n) is 12.8. The highest BCUT2D eigenvalue weighted by atomic mass is 16.2. The monoisotopic (exact) mass is 491 g/mol. The van der Waals surface area contributed by atoms with Gasteiger partial charge < -0.3 is 9.80 Å². The van der Waals surface area contributed by atoms with Crippen LogP contribution in [0.15, 0.2) is 66.7 Å². The molecule has 5 aromatic rings. The Hall–Kier alpha value is -4.26. The van der Waals surface area contributed by atoms with Crippen molar-refractivity contribution in [2.45, 2.75) is 26.7 Å². The van der Waals surface area contributed by atoms with Crippen molar-refractivity contribution in [2.24, 2.45) is 0 Å². The van der Waals surface area contributed by atoms with Crippen molar-refractivity contribution in [3.8, 4) is 0 Å². The van der Waals surface area contributed by atoms with Gasteiger partial charge >= 0.3 is 0 Å². The van der Waals surface area contributed by atoms with Crippen LogP contribution in [-0.2, 0) is 11.2 Å². The molecule has 0 saturated carbocycles. The van der Waals surface area contributed by atoms with E-state index in [-0.39, 0.29) is 11.8 Å². The fourth-order valence-corrected chi connectivity index (χ4v) is 5.47. The first-order valence-corrected chi connectivity index (χ1v) is 12.8. The number of fused-ring (bicyclic) bond motifs is 4. The van der Waals surface area contributed by atoms with E-state index in [0.29, 0.717) is 39.0 Å². The van der Waals surface area contributed by atoms with E-state index in [1.807, 2.05) is 94.9 Å². The summed E-state index contributed by atoms with van der Waals surface area (Å²) >= 11 is 0. The van der Waals surface area contributed by atoms with Crippen molar-refractivity contribution < 1.29 is 9.59 Å². The number of hydrogen-bond donors (Lipinski definition) is 0. The number of benzene rings is 3. The number of aryl methyl sites for hydroxylation is 2. The Balaban J connectivity index is 1.12. The van der Waals surface area contributed by atoms with Crippen LogP contribution in [0.25, 0.3) is 27.3 Å². The molecule has 0 bridgehead atoms. The Labute approximate surface area is 215 Å². The average molecular weight is 492 g/mol. The van der Waals surface area contributed by atoms with Crippen LogP contribution < -0.4 is 0 Å². The summed E-state index contributed by atoms with van der Waals surface area (Å²) in [4.78, 5) is 34.9. The van der Waals surface area contributed by atoms with E-state index in [4.69, 9.17) is 10.1 Å². The predicted molar refractivity (Wildman–Crippen MR) is 145 cm³/mol. The lowest BCUT2D eigenvalue weighted by Crippen LogP contribution is -2.50. The van der Waals surface area contributed by atoms with Gasteiger partial charge in [-0.3, -0.25) is 9.59 Å². The summed E-state index contributed by atoms with van der Waals surface area (Å²) in [5, 5.41) is 7.78. The molecule has 37 heavy (non-hydrogen) atoms. The van der Waals surface area contributed by atoms with Gasteiger partial charge in [-0.2, -0.15) is 5.10 Å². The second-order valence-corrected chi connectivity index (χ2v) is 9.71. The zero-order valence-electron chi connectivity index (χ0n) is 21.1. The quantitative estimate of drug-likeness (QED) is 0.369. The number of amides is 2. The SMILES string of the molecule is Cc1nc2c3ccccc3nn2c(C)c1CCC(=O)N1CCN(C(=O)c2cccc3ccccc23)CC1. The summed E-state index contributed by atoms with van der Waals surface area (Å²) in [5.74, 6) is 0.142. The van der Waals surface area contributed by atoms with Gasteiger partial charge in [0, 0.05) is 54.9 Å². The van der Waals surface area contributed by atoms with Crippen molar-refractivity contribution in [1.82, 2.24) is 24.4 Å². The number of aromatic nitrogens is 3. The molecule has 186 valence electrons. The van der Waals surface area contributed by atoms with Gasteiger partial charge in [-0.1, -0.05) is 48.5 Å². The van der Waals surface area contributed by atoms with E-state index in [0.717, 1.165) is 49.8 Å². The summed E-state index contributed by atoms with van der Waals surface area (Å²) in [7, 11) is 0. The topological polar surface area (TPSA) is 70.8 Å². The molecule has 0 N–H and O–H groups in total. The van der Waals surface area contributed by atoms with Gasteiger partial charge in [0.2, 0.25) is 5.91 Å². The molecule has 0 aliphatic carbocycles. The molecule has 0 spiro atoms. The third-order valence-electron chi connectivity index (χ3n) is 7.55. The number of carbonyl (C=O) groups is 2. The Morgan fingerprint density at radius 1 is 0.811 bits per heavy atom. The molecule has 2 aromatic heterocycles. The molecule has 1 aliphatic rings. The van der Waals surface area contributed by atoms with Crippen LogP contribution in [0.2, 0.25) is 0 Å². The van der Waals surface area contributed by atoms with E-state index in [9.17, 15) is 9.59 Å². The van der Waals surface area contributed by atoms with Crippen molar-refractivity contribution in [2.75, 3.05) is 26.2 Å². The van der Waals surface area contributed by atoms with Crippen LogP contribution in [0.3, 0.4) is 0 Å². The first kappa shape index (κ1) is 23.2. The normalized spacial score (nSPS) is 14.1. The lowest BCUT2D eigenvalue weighted by molar-refractivity contribution is -0.132. The summed E-state index contributed by atoms with van der Waals surface area (Å²) in [6, 6.07) is 21.8. The molecule has 0 unspecified atom stereocenters. The molecule has 1 saturated heterocycles. The molecule has 7 heteroatoms. The lowest BCUT2D eigenvalue weighted by atomic mass is 10.0. The third kappa shape index (κ3) is 4.10. The van der Waals surface area contributed by atoms with Gasteiger partial charge in [0.15, 0.2) is 5.65 Å². The Bertz CT molecular complexity index is 1660. The van der Waals surface area contributed by atoms with Gasteiger partial charge in [0.1, 0.15) is 0 Å². The van der Waals surface area contributed by atoms with E-state index < -0.39 is 0 Å². The highest BCUT2D eigenvalue weighted by molar-refractivity contribution is 6.07. The highest BCUT2D eigenvalue weighted by Gasteiger charge is 2.26. The van der Waals surface area contributed by atoms with Crippen LogP contribution in [0.1, 0.15) is 33.7 Å². The minimum atomic E-state index is 0.0288. The summed E-state index contributed by atoms with van der Waals surface area (Å²) < 4.78 is 1.90. The highest BCUT2D eigenvalue weighted by Crippen LogP contribution is 2.24. The van der Waals surface area contributed by atoms with Crippen molar-refractivity contribution in [3.63, 3.8) is 0 Å². The van der Waals surface area contributed by atoms with Crippen LogP contribution in [-0.4, -0.2) is 62.4 Å². The number of nitrogens with zero attached hydrogens (tertiary/aromatic N) is 5. The maximum absolute atomic E-state index is 13.3. The van der Waals surface area contributed by atoms with Crippen LogP contribution in [0.4, 0.5) is 0 Å². The molecule has 7 nitrogen and oxygen atoms in total. The van der Waals surface area contributed by atoms with Gasteiger partial charge in [0.05, 0.1) is 5.52 Å².